The number of hydrogen-bond donors (Lipinski definition) is 2. The van der Waals surface area contributed by atoms with Crippen LogP contribution in [-0.4, -0.2) is 37.3 Å². The van der Waals surface area contributed by atoms with Crippen molar-refractivity contribution < 1.29 is 18.3 Å². The summed E-state index contributed by atoms with van der Waals surface area (Å²) in [6.07, 6.45) is 6.01. The van der Waals surface area contributed by atoms with E-state index >= 15 is 0 Å². The van der Waals surface area contributed by atoms with E-state index in [4.69, 9.17) is 0 Å². The molecule has 3 aromatic heterocycles. The minimum absolute atomic E-state index is 0.0296. The Labute approximate surface area is 184 Å². The van der Waals surface area contributed by atoms with Crippen LogP contribution in [0.5, 0.6) is 5.75 Å². The van der Waals surface area contributed by atoms with E-state index < -0.39 is 12.5 Å². The Balaban J connectivity index is 0.000000860. The number of nitrogens with zero attached hydrogens (tertiary/aromatic N) is 4. The van der Waals surface area contributed by atoms with Crippen LogP contribution >= 0.6 is 0 Å². The standard InChI is InChI=1S/C18H14F2N6O2.2C2H6/c1-10-3-4-14(28-18(19)20)11(7-10)15-13(9-22-25-15)24-17(27)12-8-23-26-6-2-5-21-16(12)26;2*1-2/h2-9,18H,1H3,(H,22,25)(H,24,27);2*1-2H3. The van der Waals surface area contributed by atoms with Crippen LogP contribution in [-0.2, 0) is 0 Å². The number of nitrogens with one attached hydrogen (secondary N) is 2. The molecule has 0 radical (unpaired) electrons. The quantitative estimate of drug-likeness (QED) is 0.433. The van der Waals surface area contributed by atoms with Gasteiger partial charge in [0.15, 0.2) is 5.65 Å². The lowest BCUT2D eigenvalue weighted by molar-refractivity contribution is -0.0494. The second-order valence-electron chi connectivity index (χ2n) is 5.94. The zero-order valence-electron chi connectivity index (χ0n) is 18.6. The number of rotatable bonds is 5. The number of hydrogen-bond acceptors (Lipinski definition) is 5. The number of amides is 1. The number of alkyl halides is 2. The third-order valence-corrected chi connectivity index (χ3v) is 4.03. The van der Waals surface area contributed by atoms with Crippen LogP contribution in [0.15, 0.2) is 49.1 Å². The third kappa shape index (κ3) is 5.45. The first-order valence-electron chi connectivity index (χ1n) is 10.2. The van der Waals surface area contributed by atoms with Gasteiger partial charge >= 0.3 is 6.61 Å². The number of fused-ring (bicyclic) bond motifs is 1. The lowest BCUT2D eigenvalue weighted by atomic mass is 10.1. The van der Waals surface area contributed by atoms with E-state index in [1.54, 1.807) is 30.6 Å². The van der Waals surface area contributed by atoms with Gasteiger partial charge < -0.3 is 10.1 Å². The van der Waals surface area contributed by atoms with Crippen LogP contribution in [0, 0.1) is 6.92 Å². The summed E-state index contributed by atoms with van der Waals surface area (Å²) < 4.78 is 31.6. The number of aryl methyl sites for hydroxylation is 1. The first kappa shape index (κ1) is 24.4. The van der Waals surface area contributed by atoms with Crippen molar-refractivity contribution in [3.63, 3.8) is 0 Å². The van der Waals surface area contributed by atoms with Gasteiger partial charge in [0.05, 0.1) is 23.8 Å². The molecule has 2 N–H and O–H groups in total. The van der Waals surface area contributed by atoms with Gasteiger partial charge in [-0.2, -0.15) is 19.0 Å². The van der Waals surface area contributed by atoms with Gasteiger partial charge in [-0.15, -0.1) is 0 Å². The van der Waals surface area contributed by atoms with Crippen molar-refractivity contribution in [1.29, 1.82) is 0 Å². The smallest absolute Gasteiger partial charge is 0.387 e. The molecule has 32 heavy (non-hydrogen) atoms. The minimum atomic E-state index is -2.98. The molecule has 0 saturated carbocycles. The van der Waals surface area contributed by atoms with Crippen molar-refractivity contribution in [2.75, 3.05) is 5.32 Å². The Bertz CT molecular complexity index is 1160. The highest BCUT2D eigenvalue weighted by molar-refractivity contribution is 6.09. The molecule has 0 aliphatic heterocycles. The highest BCUT2D eigenvalue weighted by atomic mass is 19.3. The fourth-order valence-electron chi connectivity index (χ4n) is 2.80. The second kappa shape index (κ2) is 11.5. The van der Waals surface area contributed by atoms with E-state index in [1.165, 1.54) is 23.0 Å². The first-order chi connectivity index (χ1) is 15.5. The molecule has 0 aliphatic rings. The summed E-state index contributed by atoms with van der Waals surface area (Å²) >= 11 is 0. The molecule has 0 spiro atoms. The van der Waals surface area contributed by atoms with Crippen molar-refractivity contribution in [3.05, 3.63) is 60.2 Å². The maximum Gasteiger partial charge on any atom is 0.387 e. The van der Waals surface area contributed by atoms with Gasteiger partial charge in [-0.3, -0.25) is 9.89 Å². The van der Waals surface area contributed by atoms with Crippen molar-refractivity contribution in [2.24, 2.45) is 0 Å². The van der Waals surface area contributed by atoms with E-state index in [-0.39, 0.29) is 11.3 Å². The normalized spacial score (nSPS) is 10.1. The van der Waals surface area contributed by atoms with Crippen LogP contribution < -0.4 is 10.1 Å². The Morgan fingerprint density at radius 2 is 1.94 bits per heavy atom. The molecule has 0 atom stereocenters. The topological polar surface area (TPSA) is 97.2 Å². The zero-order valence-corrected chi connectivity index (χ0v) is 18.6. The molecular formula is C22H26F2N6O2. The second-order valence-corrected chi connectivity index (χ2v) is 5.94. The molecule has 10 heteroatoms. The minimum Gasteiger partial charge on any atom is -0.434 e. The van der Waals surface area contributed by atoms with Gasteiger partial charge in [-0.25, -0.2) is 9.50 Å². The van der Waals surface area contributed by atoms with Crippen molar-refractivity contribution in [3.8, 4) is 17.0 Å². The molecule has 0 bridgehead atoms. The van der Waals surface area contributed by atoms with E-state index in [9.17, 15) is 13.6 Å². The average molecular weight is 444 g/mol. The molecule has 3 heterocycles. The number of ether oxygens (including phenoxy) is 1. The van der Waals surface area contributed by atoms with Crippen LogP contribution in [0.2, 0.25) is 0 Å². The van der Waals surface area contributed by atoms with Crippen molar-refractivity contribution >= 4 is 17.2 Å². The molecule has 0 fully saturated rings. The van der Waals surface area contributed by atoms with Gasteiger partial charge in [0.1, 0.15) is 11.3 Å². The highest BCUT2D eigenvalue weighted by Crippen LogP contribution is 2.35. The maximum absolute atomic E-state index is 12.8. The van der Waals surface area contributed by atoms with Crippen LogP contribution in [0.1, 0.15) is 43.6 Å². The Morgan fingerprint density at radius 3 is 2.66 bits per heavy atom. The lowest BCUT2D eigenvalue weighted by Crippen LogP contribution is -2.12. The van der Waals surface area contributed by atoms with Crippen LogP contribution in [0.25, 0.3) is 16.9 Å². The van der Waals surface area contributed by atoms with Gasteiger partial charge in [0.25, 0.3) is 5.91 Å². The zero-order chi connectivity index (χ0) is 23.7. The van der Waals surface area contributed by atoms with Gasteiger partial charge in [-0.1, -0.05) is 39.3 Å². The number of halogens is 2. The fraction of sp³-hybridized carbons (Fsp3) is 0.273. The van der Waals surface area contributed by atoms with Crippen molar-refractivity contribution in [1.82, 2.24) is 24.8 Å². The predicted octanol–water partition coefficient (Wildman–Crippen LogP) is 5.33. The molecule has 170 valence electrons. The predicted molar refractivity (Wildman–Crippen MR) is 119 cm³/mol. The summed E-state index contributed by atoms with van der Waals surface area (Å²) in [5.74, 6) is -0.488. The summed E-state index contributed by atoms with van der Waals surface area (Å²) in [6.45, 7) is 6.84. The number of H-pyrrole nitrogens is 1. The average Bonchev–Trinajstić information content (AvgIpc) is 3.44. The number of aromatic amines is 1. The fourth-order valence-corrected chi connectivity index (χ4v) is 2.80. The van der Waals surface area contributed by atoms with E-state index in [2.05, 4.69) is 30.3 Å². The number of benzene rings is 1. The molecule has 1 aromatic carbocycles. The summed E-state index contributed by atoms with van der Waals surface area (Å²) in [6, 6.07) is 6.45. The van der Waals surface area contributed by atoms with Gasteiger partial charge in [-0.05, 0) is 25.1 Å². The molecule has 0 aliphatic carbocycles. The van der Waals surface area contributed by atoms with Gasteiger partial charge in [0, 0.05) is 18.0 Å². The lowest BCUT2D eigenvalue weighted by Gasteiger charge is -2.12. The Hall–Kier alpha value is -3.82. The number of anilines is 1. The Kier molecular flexibility index (Phi) is 8.82. The van der Waals surface area contributed by atoms with E-state index in [0.717, 1.165) is 5.56 Å². The number of carbonyl (C=O) groups is 1. The monoisotopic (exact) mass is 444 g/mol. The highest BCUT2D eigenvalue weighted by Gasteiger charge is 2.20. The summed E-state index contributed by atoms with van der Waals surface area (Å²) in [4.78, 5) is 16.8. The molecule has 4 aromatic rings. The molecule has 0 saturated heterocycles. The van der Waals surface area contributed by atoms with E-state index in [1.807, 2.05) is 34.6 Å². The summed E-state index contributed by atoms with van der Waals surface area (Å²) in [7, 11) is 0. The summed E-state index contributed by atoms with van der Waals surface area (Å²) in [5.41, 5.74) is 2.49. The third-order valence-electron chi connectivity index (χ3n) is 4.03. The van der Waals surface area contributed by atoms with E-state index in [0.29, 0.717) is 22.6 Å². The number of aromatic nitrogens is 5. The Morgan fingerprint density at radius 1 is 1.19 bits per heavy atom. The van der Waals surface area contributed by atoms with Crippen LogP contribution in [0.3, 0.4) is 0 Å². The maximum atomic E-state index is 12.8. The van der Waals surface area contributed by atoms with Crippen molar-refractivity contribution in [2.45, 2.75) is 41.2 Å². The largest absolute Gasteiger partial charge is 0.434 e. The molecular weight excluding hydrogens is 418 g/mol. The molecule has 4 rings (SSSR count). The van der Waals surface area contributed by atoms with Gasteiger partial charge in [0.2, 0.25) is 0 Å². The summed E-state index contributed by atoms with van der Waals surface area (Å²) in [5, 5.41) is 13.4. The molecule has 8 nitrogen and oxygen atoms in total. The number of carbonyl (C=O) groups excluding carboxylic acids is 1. The SMILES string of the molecule is CC.CC.Cc1ccc(OC(F)F)c(-c2[nH]ncc2NC(=O)c2cnn3cccnc23)c1. The molecule has 1 amide bonds. The molecule has 0 unspecified atom stereocenters. The van der Waals surface area contributed by atoms with Crippen LogP contribution in [0.4, 0.5) is 14.5 Å². The first-order valence-corrected chi connectivity index (χ1v) is 10.2.